The van der Waals surface area contributed by atoms with Crippen LogP contribution in [0.2, 0.25) is 0 Å². The van der Waals surface area contributed by atoms with Gasteiger partial charge in [-0.3, -0.25) is 19.0 Å². The van der Waals surface area contributed by atoms with E-state index in [-0.39, 0.29) is 30.0 Å². The van der Waals surface area contributed by atoms with Gasteiger partial charge in [0.1, 0.15) is 0 Å². The molecule has 2 aromatic heterocycles. The summed E-state index contributed by atoms with van der Waals surface area (Å²) in [5, 5.41) is 3.33. The third-order valence-corrected chi connectivity index (χ3v) is 6.76. The fourth-order valence-electron chi connectivity index (χ4n) is 5.24. The number of carbonyl (C=O) groups excluding carboxylic acids is 1. The van der Waals surface area contributed by atoms with Crippen molar-refractivity contribution in [3.05, 3.63) is 79.4 Å². The van der Waals surface area contributed by atoms with Crippen molar-refractivity contribution >= 4 is 16.8 Å². The van der Waals surface area contributed by atoms with Gasteiger partial charge in [0.25, 0.3) is 11.1 Å². The number of benzene rings is 1. The number of amides is 1. The number of nitrogens with zero attached hydrogens (tertiary/aromatic N) is 3. The minimum absolute atomic E-state index is 0.0320. The molecule has 0 aliphatic carbocycles. The maximum absolute atomic E-state index is 12.6. The second-order valence-electron chi connectivity index (χ2n) is 8.99. The summed E-state index contributed by atoms with van der Waals surface area (Å²) < 4.78 is 2.99. The number of para-hydroxylation sites is 1. The number of H-pyrrole nitrogens is 1. The third kappa shape index (κ3) is 4.28. The maximum Gasteiger partial charge on any atom is 0.328 e. The molecule has 33 heavy (non-hydrogen) atoms. The number of carbonyl (C=O) groups is 1. The van der Waals surface area contributed by atoms with E-state index in [0.717, 1.165) is 42.9 Å². The van der Waals surface area contributed by atoms with Gasteiger partial charge in [0.15, 0.2) is 0 Å². The standard InChI is InChI=1S/C24H27N5O4/c30-21(8-10-28-23(32)18-4-1-2-5-19(18)26-24(28)33)25-9-11-27-13-16-12-17(15-27)20-6-3-7-22(31)29(20)14-16/h1-7,16-17H,8-15H2,(H,25,30)(H,26,33). The van der Waals surface area contributed by atoms with E-state index in [2.05, 4.69) is 15.2 Å². The van der Waals surface area contributed by atoms with E-state index in [0.29, 0.717) is 29.3 Å². The zero-order valence-corrected chi connectivity index (χ0v) is 18.3. The summed E-state index contributed by atoms with van der Waals surface area (Å²) in [5.41, 5.74) is 0.782. The average molecular weight is 450 g/mol. The number of aromatic amines is 1. The predicted octanol–water partition coefficient (Wildman–Crippen LogP) is 0.477. The average Bonchev–Trinajstić information content (AvgIpc) is 2.80. The molecule has 1 aromatic carbocycles. The van der Waals surface area contributed by atoms with Crippen LogP contribution in [0.3, 0.4) is 0 Å². The Labute approximate surface area is 189 Å². The highest BCUT2D eigenvalue weighted by Crippen LogP contribution is 2.34. The number of nitrogens with one attached hydrogen (secondary N) is 2. The maximum atomic E-state index is 12.6. The smallest absolute Gasteiger partial charge is 0.328 e. The minimum atomic E-state index is -0.509. The van der Waals surface area contributed by atoms with Gasteiger partial charge in [0.2, 0.25) is 5.91 Å². The van der Waals surface area contributed by atoms with E-state index in [1.807, 2.05) is 16.7 Å². The van der Waals surface area contributed by atoms with Crippen LogP contribution < -0.4 is 22.1 Å². The number of pyridine rings is 1. The van der Waals surface area contributed by atoms with Crippen LogP contribution in [0.5, 0.6) is 0 Å². The summed E-state index contributed by atoms with van der Waals surface area (Å²) in [6, 6.07) is 12.3. The first-order valence-electron chi connectivity index (χ1n) is 11.4. The number of aromatic nitrogens is 3. The summed E-state index contributed by atoms with van der Waals surface area (Å²) in [7, 11) is 0. The Kier molecular flexibility index (Phi) is 5.72. The Morgan fingerprint density at radius 3 is 2.73 bits per heavy atom. The third-order valence-electron chi connectivity index (χ3n) is 6.76. The number of likely N-dealkylation sites (tertiary alicyclic amines) is 1. The molecule has 0 spiro atoms. The van der Waals surface area contributed by atoms with Gasteiger partial charge in [-0.2, -0.15) is 0 Å². The number of hydrogen-bond acceptors (Lipinski definition) is 5. The van der Waals surface area contributed by atoms with E-state index < -0.39 is 5.69 Å². The van der Waals surface area contributed by atoms with Crippen molar-refractivity contribution in [2.75, 3.05) is 26.2 Å². The van der Waals surface area contributed by atoms with E-state index in [4.69, 9.17) is 0 Å². The fourth-order valence-corrected chi connectivity index (χ4v) is 5.24. The van der Waals surface area contributed by atoms with Crippen molar-refractivity contribution in [3.63, 3.8) is 0 Å². The Balaban J connectivity index is 1.14. The highest BCUT2D eigenvalue weighted by Gasteiger charge is 2.34. The summed E-state index contributed by atoms with van der Waals surface area (Å²) >= 11 is 0. The lowest BCUT2D eigenvalue weighted by atomic mass is 9.83. The summed E-state index contributed by atoms with van der Waals surface area (Å²) in [6.45, 7) is 3.80. The van der Waals surface area contributed by atoms with E-state index in [9.17, 15) is 19.2 Å². The molecule has 2 aliphatic rings. The molecule has 2 aliphatic heterocycles. The fraction of sp³-hybridized carbons (Fsp3) is 0.417. The molecule has 9 heteroatoms. The van der Waals surface area contributed by atoms with E-state index in [1.165, 1.54) is 0 Å². The Bertz CT molecular complexity index is 1370. The second kappa shape index (κ2) is 8.82. The van der Waals surface area contributed by atoms with Crippen molar-refractivity contribution < 1.29 is 4.79 Å². The topological polar surface area (TPSA) is 109 Å². The van der Waals surface area contributed by atoms with Gasteiger partial charge in [-0.25, -0.2) is 4.79 Å². The lowest BCUT2D eigenvalue weighted by Gasteiger charge is -2.42. The summed E-state index contributed by atoms with van der Waals surface area (Å²) in [6.07, 6.45) is 1.16. The normalized spacial score (nSPS) is 19.9. The van der Waals surface area contributed by atoms with Crippen LogP contribution in [-0.2, 0) is 17.9 Å². The molecule has 0 saturated carbocycles. The second-order valence-corrected chi connectivity index (χ2v) is 8.99. The van der Waals surface area contributed by atoms with Crippen molar-refractivity contribution in [1.29, 1.82) is 0 Å². The quantitative estimate of drug-likeness (QED) is 0.569. The predicted molar refractivity (Wildman–Crippen MR) is 124 cm³/mol. The van der Waals surface area contributed by atoms with Gasteiger partial charge in [-0.05, 0) is 30.5 Å². The first-order chi connectivity index (χ1) is 16.0. The van der Waals surface area contributed by atoms with Gasteiger partial charge < -0.3 is 19.8 Å². The molecule has 5 rings (SSSR count). The number of fused-ring (bicyclic) bond motifs is 5. The highest BCUT2D eigenvalue weighted by molar-refractivity contribution is 5.77. The van der Waals surface area contributed by atoms with Crippen molar-refractivity contribution in [1.82, 2.24) is 24.3 Å². The Hall–Kier alpha value is -3.46. The lowest BCUT2D eigenvalue weighted by Crippen LogP contribution is -2.48. The van der Waals surface area contributed by atoms with Crippen LogP contribution in [0.4, 0.5) is 0 Å². The van der Waals surface area contributed by atoms with Crippen molar-refractivity contribution in [2.45, 2.75) is 31.8 Å². The van der Waals surface area contributed by atoms with Gasteiger partial charge in [-0.15, -0.1) is 0 Å². The van der Waals surface area contributed by atoms with Gasteiger partial charge in [-0.1, -0.05) is 18.2 Å². The van der Waals surface area contributed by atoms with Crippen LogP contribution in [-0.4, -0.2) is 51.1 Å². The molecule has 3 aromatic rings. The molecular formula is C24H27N5O4. The van der Waals surface area contributed by atoms with Crippen molar-refractivity contribution in [2.24, 2.45) is 5.92 Å². The zero-order valence-electron chi connectivity index (χ0n) is 18.3. The molecule has 1 fully saturated rings. The molecule has 2 atom stereocenters. The minimum Gasteiger partial charge on any atom is -0.355 e. The van der Waals surface area contributed by atoms with Gasteiger partial charge >= 0.3 is 5.69 Å². The molecule has 2 unspecified atom stereocenters. The Morgan fingerprint density at radius 1 is 1.00 bits per heavy atom. The van der Waals surface area contributed by atoms with Crippen LogP contribution in [0.15, 0.2) is 56.8 Å². The zero-order chi connectivity index (χ0) is 22.9. The molecular weight excluding hydrogens is 422 g/mol. The first-order valence-corrected chi connectivity index (χ1v) is 11.4. The highest BCUT2D eigenvalue weighted by atomic mass is 16.2. The summed E-state index contributed by atoms with van der Waals surface area (Å²) in [5.74, 6) is 0.593. The molecule has 2 bridgehead atoms. The lowest BCUT2D eigenvalue weighted by molar-refractivity contribution is -0.121. The molecule has 1 amide bonds. The Morgan fingerprint density at radius 2 is 1.85 bits per heavy atom. The number of hydrogen-bond donors (Lipinski definition) is 2. The first kappa shape index (κ1) is 21.4. The van der Waals surface area contributed by atoms with Gasteiger partial charge in [0, 0.05) is 63.4 Å². The molecule has 4 heterocycles. The SMILES string of the molecule is O=C(CCn1c(=O)[nH]c2ccccc2c1=O)NCCN1CC2CC(C1)c1cccc(=O)n1C2. The monoisotopic (exact) mass is 449 g/mol. The van der Waals surface area contributed by atoms with Crippen LogP contribution >= 0.6 is 0 Å². The molecule has 9 nitrogen and oxygen atoms in total. The summed E-state index contributed by atoms with van der Waals surface area (Å²) in [4.78, 5) is 54.3. The van der Waals surface area contributed by atoms with Crippen LogP contribution in [0.1, 0.15) is 24.5 Å². The van der Waals surface area contributed by atoms with E-state index >= 15 is 0 Å². The number of piperidine rings is 1. The van der Waals surface area contributed by atoms with E-state index in [1.54, 1.807) is 30.3 Å². The van der Waals surface area contributed by atoms with Crippen molar-refractivity contribution in [3.8, 4) is 0 Å². The molecule has 1 saturated heterocycles. The largest absolute Gasteiger partial charge is 0.355 e. The van der Waals surface area contributed by atoms with Gasteiger partial charge in [0.05, 0.1) is 10.9 Å². The van der Waals surface area contributed by atoms with Crippen LogP contribution in [0.25, 0.3) is 10.9 Å². The number of rotatable bonds is 6. The van der Waals surface area contributed by atoms with Crippen LogP contribution in [0, 0.1) is 5.92 Å². The molecule has 2 N–H and O–H groups in total. The molecule has 172 valence electrons. The molecule has 0 radical (unpaired) electrons.